The zero-order chi connectivity index (χ0) is 17.5. The minimum atomic E-state index is -1.04. The maximum atomic E-state index is 12.2. The molecule has 0 aliphatic heterocycles. The van der Waals surface area contributed by atoms with Crippen molar-refractivity contribution in [2.75, 3.05) is 13.7 Å². The van der Waals surface area contributed by atoms with Crippen molar-refractivity contribution in [3.63, 3.8) is 0 Å². The van der Waals surface area contributed by atoms with Crippen LogP contribution in [-0.4, -0.2) is 30.9 Å². The van der Waals surface area contributed by atoms with Gasteiger partial charge in [0.1, 0.15) is 0 Å². The summed E-state index contributed by atoms with van der Waals surface area (Å²) in [6.45, 7) is 0.149. The standard InChI is InChI=1S/C16H15ClN2O4S/c1-23-16(21)15(12-4-2-3-5-13(12)17)19(18-22)8-6-14-11(10-20)7-9-24-14/h2-5,7,9-10,15H,6,8H2,1H3/t15-/m0/s1. The molecule has 0 saturated heterocycles. The summed E-state index contributed by atoms with van der Waals surface area (Å²) in [5.41, 5.74) is 1.01. The van der Waals surface area contributed by atoms with E-state index >= 15 is 0 Å². The van der Waals surface area contributed by atoms with E-state index in [9.17, 15) is 14.5 Å². The van der Waals surface area contributed by atoms with Crippen molar-refractivity contribution in [3.8, 4) is 0 Å². The Labute approximate surface area is 147 Å². The first-order valence-electron chi connectivity index (χ1n) is 7.06. The highest BCUT2D eigenvalue weighted by atomic mass is 35.5. The quantitative estimate of drug-likeness (QED) is 0.308. The van der Waals surface area contributed by atoms with E-state index in [1.165, 1.54) is 18.4 Å². The first-order valence-corrected chi connectivity index (χ1v) is 8.31. The molecule has 24 heavy (non-hydrogen) atoms. The maximum Gasteiger partial charge on any atom is 0.335 e. The van der Waals surface area contributed by atoms with Crippen LogP contribution in [0.15, 0.2) is 41.0 Å². The number of methoxy groups -OCH3 is 1. The number of nitrogens with zero attached hydrogens (tertiary/aromatic N) is 2. The van der Waals surface area contributed by atoms with Gasteiger partial charge in [-0.15, -0.1) is 16.2 Å². The fourth-order valence-corrected chi connectivity index (χ4v) is 3.39. The van der Waals surface area contributed by atoms with Crippen LogP contribution in [0.4, 0.5) is 0 Å². The smallest absolute Gasteiger partial charge is 0.335 e. The van der Waals surface area contributed by atoms with Crippen molar-refractivity contribution < 1.29 is 14.3 Å². The third-order valence-corrected chi connectivity index (χ3v) is 4.84. The van der Waals surface area contributed by atoms with Crippen LogP contribution in [0.1, 0.15) is 26.8 Å². The van der Waals surface area contributed by atoms with Crippen molar-refractivity contribution in [2.24, 2.45) is 5.29 Å². The molecular formula is C16H15ClN2O4S. The summed E-state index contributed by atoms with van der Waals surface area (Å²) >= 11 is 7.55. The lowest BCUT2D eigenvalue weighted by atomic mass is 10.1. The van der Waals surface area contributed by atoms with E-state index in [4.69, 9.17) is 16.3 Å². The third kappa shape index (κ3) is 3.98. The summed E-state index contributed by atoms with van der Waals surface area (Å²) < 4.78 is 4.79. The zero-order valence-corrected chi connectivity index (χ0v) is 14.4. The highest BCUT2D eigenvalue weighted by molar-refractivity contribution is 7.10. The summed E-state index contributed by atoms with van der Waals surface area (Å²) in [4.78, 5) is 35.3. The second-order valence-electron chi connectivity index (χ2n) is 4.86. The molecule has 0 radical (unpaired) electrons. The molecule has 126 valence electrons. The number of nitroso groups, excluding NO2 is 1. The zero-order valence-electron chi connectivity index (χ0n) is 12.8. The molecule has 1 atom stereocenters. The third-order valence-electron chi connectivity index (χ3n) is 3.50. The number of rotatable bonds is 8. The molecule has 0 amide bonds. The van der Waals surface area contributed by atoms with Gasteiger partial charge in [0, 0.05) is 34.0 Å². The first kappa shape index (κ1) is 18.1. The number of carbonyl (C=O) groups excluding carboxylic acids is 2. The fraction of sp³-hybridized carbons (Fsp3) is 0.250. The average molecular weight is 367 g/mol. The van der Waals surface area contributed by atoms with Gasteiger partial charge in [0.2, 0.25) is 0 Å². The average Bonchev–Trinajstić information content (AvgIpc) is 3.06. The van der Waals surface area contributed by atoms with Crippen LogP contribution in [0.5, 0.6) is 0 Å². The number of aldehydes is 1. The maximum absolute atomic E-state index is 12.2. The molecule has 0 aliphatic carbocycles. The highest BCUT2D eigenvalue weighted by Gasteiger charge is 2.30. The van der Waals surface area contributed by atoms with Crippen LogP contribution >= 0.6 is 22.9 Å². The normalized spacial score (nSPS) is 11.6. The number of thiophene rings is 1. The monoisotopic (exact) mass is 366 g/mol. The Morgan fingerprint density at radius 2 is 2.17 bits per heavy atom. The predicted molar refractivity (Wildman–Crippen MR) is 92.1 cm³/mol. The van der Waals surface area contributed by atoms with E-state index in [0.717, 1.165) is 16.2 Å². The fourth-order valence-electron chi connectivity index (χ4n) is 2.31. The van der Waals surface area contributed by atoms with Crippen LogP contribution in [0, 0.1) is 4.91 Å². The lowest BCUT2D eigenvalue weighted by molar-refractivity contribution is -0.147. The number of hydrogen-bond acceptors (Lipinski definition) is 6. The van der Waals surface area contributed by atoms with Gasteiger partial charge in [0.05, 0.1) is 12.4 Å². The van der Waals surface area contributed by atoms with Crippen LogP contribution in [-0.2, 0) is 16.0 Å². The number of esters is 1. The minimum absolute atomic E-state index is 0.149. The molecule has 0 fully saturated rings. The number of carbonyl (C=O) groups is 2. The van der Waals surface area contributed by atoms with Crippen molar-refractivity contribution in [2.45, 2.75) is 12.5 Å². The Balaban J connectivity index is 2.26. The van der Waals surface area contributed by atoms with Gasteiger partial charge in [-0.2, -0.15) is 0 Å². The largest absolute Gasteiger partial charge is 0.467 e. The Kier molecular flexibility index (Phi) is 6.45. The number of ether oxygens (including phenoxy) is 1. The van der Waals surface area contributed by atoms with Crippen LogP contribution in [0.2, 0.25) is 5.02 Å². The molecule has 0 N–H and O–H groups in total. The molecule has 0 aliphatic rings. The van der Waals surface area contributed by atoms with Gasteiger partial charge < -0.3 is 4.74 Å². The molecule has 8 heteroatoms. The number of hydrogen-bond donors (Lipinski definition) is 0. The Hall–Kier alpha value is -2.25. The van der Waals surface area contributed by atoms with E-state index in [2.05, 4.69) is 5.29 Å². The van der Waals surface area contributed by atoms with Gasteiger partial charge in [-0.05, 0) is 17.5 Å². The highest BCUT2D eigenvalue weighted by Crippen LogP contribution is 2.29. The van der Waals surface area contributed by atoms with Gasteiger partial charge in [-0.3, -0.25) is 4.79 Å². The van der Waals surface area contributed by atoms with Gasteiger partial charge in [-0.25, -0.2) is 9.80 Å². The summed E-state index contributed by atoms with van der Waals surface area (Å²) in [6.07, 6.45) is 1.16. The molecular weight excluding hydrogens is 352 g/mol. The molecule has 2 rings (SSSR count). The number of halogens is 1. The van der Waals surface area contributed by atoms with Crippen LogP contribution in [0.25, 0.3) is 0 Å². The molecule has 0 spiro atoms. The molecule has 1 aromatic carbocycles. The Bertz CT molecular complexity index is 734. The van der Waals surface area contributed by atoms with Gasteiger partial charge in [0.25, 0.3) is 0 Å². The van der Waals surface area contributed by atoms with Gasteiger partial charge in [0.15, 0.2) is 12.3 Å². The topological polar surface area (TPSA) is 76.0 Å². The lowest BCUT2D eigenvalue weighted by Crippen LogP contribution is -2.32. The molecule has 0 bridgehead atoms. The second-order valence-corrected chi connectivity index (χ2v) is 6.27. The van der Waals surface area contributed by atoms with Gasteiger partial charge in [-0.1, -0.05) is 29.8 Å². The second kappa shape index (κ2) is 8.56. The van der Waals surface area contributed by atoms with E-state index in [0.29, 0.717) is 22.6 Å². The van der Waals surface area contributed by atoms with Crippen molar-refractivity contribution >= 4 is 35.2 Å². The van der Waals surface area contributed by atoms with E-state index in [-0.39, 0.29) is 6.54 Å². The van der Waals surface area contributed by atoms with E-state index < -0.39 is 12.0 Å². The van der Waals surface area contributed by atoms with Crippen molar-refractivity contribution in [1.82, 2.24) is 5.01 Å². The van der Waals surface area contributed by atoms with Crippen molar-refractivity contribution in [1.29, 1.82) is 0 Å². The molecule has 2 aromatic rings. The van der Waals surface area contributed by atoms with Crippen LogP contribution < -0.4 is 0 Å². The lowest BCUT2D eigenvalue weighted by Gasteiger charge is -2.25. The van der Waals surface area contributed by atoms with E-state index in [1.807, 2.05) is 0 Å². The molecule has 1 aromatic heterocycles. The molecule has 6 nitrogen and oxygen atoms in total. The summed E-state index contributed by atoms with van der Waals surface area (Å²) in [7, 11) is 1.24. The summed E-state index contributed by atoms with van der Waals surface area (Å²) in [5, 5.41) is 6.19. The number of benzene rings is 1. The summed E-state index contributed by atoms with van der Waals surface area (Å²) in [5.74, 6) is -0.635. The molecule has 1 heterocycles. The SMILES string of the molecule is COC(=O)[C@H](c1ccccc1Cl)N(CCc1sccc1C=O)N=O. The summed E-state index contributed by atoms with van der Waals surface area (Å²) in [6, 6.07) is 7.37. The van der Waals surface area contributed by atoms with Gasteiger partial charge >= 0.3 is 5.97 Å². The minimum Gasteiger partial charge on any atom is -0.467 e. The molecule has 0 saturated carbocycles. The first-order chi connectivity index (χ1) is 11.6. The molecule has 0 unspecified atom stereocenters. The Morgan fingerprint density at radius 3 is 2.79 bits per heavy atom. The Morgan fingerprint density at radius 1 is 1.42 bits per heavy atom. The predicted octanol–water partition coefficient (Wildman–Crippen LogP) is 3.65. The van der Waals surface area contributed by atoms with Crippen LogP contribution in [0.3, 0.4) is 0 Å². The van der Waals surface area contributed by atoms with Crippen molar-refractivity contribution in [3.05, 3.63) is 61.6 Å². The van der Waals surface area contributed by atoms with E-state index in [1.54, 1.807) is 35.7 Å².